The smallest absolute Gasteiger partial charge is 0.748 e. The molecule has 7 heteroatoms. The second-order valence-corrected chi connectivity index (χ2v) is 5.14. The van der Waals surface area contributed by atoms with Crippen molar-refractivity contribution >= 4 is 10.1 Å². The Morgan fingerprint density at radius 2 is 2.00 bits per heavy atom. The first-order valence-electron chi connectivity index (χ1n) is 5.28. The molecule has 0 aromatic rings. The molecule has 5 nitrogen and oxygen atoms in total. The molecule has 1 atom stereocenters. The Bertz CT molecular complexity index is 246. The van der Waals surface area contributed by atoms with Crippen molar-refractivity contribution in [3.8, 4) is 0 Å². The van der Waals surface area contributed by atoms with Crippen molar-refractivity contribution in [3.63, 3.8) is 0 Å². The zero-order chi connectivity index (χ0) is 11.7. The summed E-state index contributed by atoms with van der Waals surface area (Å²) in [5, 5.41) is 12.2. The van der Waals surface area contributed by atoms with Crippen LogP contribution in [0.25, 0.3) is 0 Å². The Hall–Kier alpha value is 1.47. The van der Waals surface area contributed by atoms with Gasteiger partial charge in [0.05, 0.1) is 22.0 Å². The van der Waals surface area contributed by atoms with Crippen LogP contribution in [0.4, 0.5) is 0 Å². The molecule has 0 aliphatic rings. The first-order chi connectivity index (χ1) is 6.95. The van der Waals surface area contributed by atoms with Crippen molar-refractivity contribution in [2.45, 2.75) is 38.7 Å². The molecule has 0 amide bonds. The summed E-state index contributed by atoms with van der Waals surface area (Å²) < 4.78 is 30.7. The van der Waals surface area contributed by atoms with Crippen molar-refractivity contribution in [2.24, 2.45) is 0 Å². The Morgan fingerprint density at radius 3 is 2.50 bits per heavy atom. The molecule has 0 heterocycles. The van der Waals surface area contributed by atoms with Gasteiger partial charge in [-0.25, -0.2) is 8.42 Å². The molecule has 0 aromatic carbocycles. The number of hydrogen-bond acceptors (Lipinski definition) is 5. The molecule has 92 valence electrons. The van der Waals surface area contributed by atoms with Crippen molar-refractivity contribution in [1.29, 1.82) is 0 Å². The summed E-state index contributed by atoms with van der Waals surface area (Å²) in [6.07, 6.45) is 3.43. The predicted octanol–water partition coefficient (Wildman–Crippen LogP) is -2.93. The van der Waals surface area contributed by atoms with Crippen LogP contribution in [-0.2, 0) is 10.1 Å². The molecular weight excluding hydrogens is 257 g/mol. The minimum atomic E-state index is -4.14. The first-order valence-corrected chi connectivity index (χ1v) is 6.85. The van der Waals surface area contributed by atoms with Gasteiger partial charge in [0, 0.05) is 13.1 Å². The van der Waals surface area contributed by atoms with Gasteiger partial charge in [-0.05, 0) is 6.42 Å². The first kappa shape index (κ1) is 19.8. The third-order valence-electron chi connectivity index (χ3n) is 2.05. The second-order valence-electron chi connectivity index (χ2n) is 3.62. The van der Waals surface area contributed by atoms with E-state index in [0.29, 0.717) is 13.0 Å². The van der Waals surface area contributed by atoms with Gasteiger partial charge in [-0.15, -0.1) is 0 Å². The summed E-state index contributed by atoms with van der Waals surface area (Å²) in [5.74, 6) is -0.422. The minimum absolute atomic E-state index is 0. The van der Waals surface area contributed by atoms with Crippen molar-refractivity contribution in [2.75, 3.05) is 18.8 Å². The maximum Gasteiger partial charge on any atom is 1.00 e. The van der Waals surface area contributed by atoms with Crippen molar-refractivity contribution < 1.29 is 69.5 Å². The normalized spacial score (nSPS) is 13.2. The van der Waals surface area contributed by atoms with E-state index >= 15 is 0 Å². The maximum atomic E-state index is 10.2. The largest absolute Gasteiger partial charge is 1.00 e. The summed E-state index contributed by atoms with van der Waals surface area (Å²) in [6.45, 7) is 2.54. The number of unbranched alkanes of at least 4 members (excludes halogenated alkanes) is 2. The van der Waals surface area contributed by atoms with Crippen LogP contribution in [0.5, 0.6) is 0 Å². The van der Waals surface area contributed by atoms with Crippen LogP contribution >= 0.6 is 0 Å². The summed E-state index contributed by atoms with van der Waals surface area (Å²) in [7, 11) is -4.14. The van der Waals surface area contributed by atoms with Crippen LogP contribution in [0, 0.1) is 0 Å². The Balaban J connectivity index is 0. The number of nitrogens with one attached hydrogen (secondary N) is 1. The quantitative estimate of drug-likeness (QED) is 0.267. The Kier molecular flexibility index (Phi) is 14.3. The molecule has 1 unspecified atom stereocenters. The van der Waals surface area contributed by atoms with Crippen LogP contribution in [0.1, 0.15) is 32.6 Å². The summed E-state index contributed by atoms with van der Waals surface area (Å²) in [5.41, 5.74) is 0. The van der Waals surface area contributed by atoms with E-state index in [-0.39, 0.29) is 57.9 Å². The molecule has 0 aliphatic heterocycles. The van der Waals surface area contributed by atoms with Gasteiger partial charge in [0.2, 0.25) is 0 Å². The summed E-state index contributed by atoms with van der Waals surface area (Å²) >= 11 is 0. The van der Waals surface area contributed by atoms with E-state index in [1.54, 1.807) is 0 Å². The minimum Gasteiger partial charge on any atom is -0.748 e. The van der Waals surface area contributed by atoms with Crippen molar-refractivity contribution in [1.82, 2.24) is 5.32 Å². The fourth-order valence-electron chi connectivity index (χ4n) is 1.20. The van der Waals surface area contributed by atoms with Gasteiger partial charge < -0.3 is 15.0 Å². The van der Waals surface area contributed by atoms with E-state index in [2.05, 4.69) is 12.2 Å². The van der Waals surface area contributed by atoms with Crippen LogP contribution in [0.3, 0.4) is 0 Å². The maximum absolute atomic E-state index is 10.2. The Morgan fingerprint density at radius 1 is 1.38 bits per heavy atom. The molecule has 0 fully saturated rings. The standard InChI is InChI=1S/C9H21NO4S.K/c1-2-3-4-5-9(11)8-10-6-7-15(12,13)14;/h9-11H,2-8H2,1H3,(H,12,13,14);/q;+1/p-1. The molecular formula is C9H20KNO4S. The van der Waals surface area contributed by atoms with Crippen molar-refractivity contribution in [3.05, 3.63) is 0 Å². The van der Waals surface area contributed by atoms with Gasteiger partial charge in [-0.1, -0.05) is 26.2 Å². The number of hydrogen-bond donors (Lipinski definition) is 2. The average molecular weight is 277 g/mol. The third-order valence-corrected chi connectivity index (χ3v) is 2.75. The van der Waals surface area contributed by atoms with E-state index in [4.69, 9.17) is 0 Å². The van der Waals surface area contributed by atoms with Crippen LogP contribution in [0.2, 0.25) is 0 Å². The number of rotatable bonds is 9. The molecule has 0 aromatic heterocycles. The zero-order valence-electron chi connectivity index (χ0n) is 10.1. The topological polar surface area (TPSA) is 89.5 Å². The van der Waals surface area contributed by atoms with Crippen LogP contribution < -0.4 is 56.7 Å². The number of aliphatic hydroxyl groups excluding tert-OH is 1. The van der Waals surface area contributed by atoms with Gasteiger partial charge in [0.15, 0.2) is 0 Å². The van der Waals surface area contributed by atoms with Crippen LogP contribution in [-0.4, -0.2) is 43.0 Å². The van der Waals surface area contributed by atoms with Gasteiger partial charge in [0.25, 0.3) is 0 Å². The van der Waals surface area contributed by atoms with Gasteiger partial charge in [-0.2, -0.15) is 0 Å². The van der Waals surface area contributed by atoms with Gasteiger partial charge >= 0.3 is 51.4 Å². The molecule has 2 N–H and O–H groups in total. The monoisotopic (exact) mass is 277 g/mol. The van der Waals surface area contributed by atoms with Gasteiger partial charge in [0.1, 0.15) is 0 Å². The average Bonchev–Trinajstić information content (AvgIpc) is 2.11. The third kappa shape index (κ3) is 15.5. The zero-order valence-corrected chi connectivity index (χ0v) is 14.0. The van der Waals surface area contributed by atoms with E-state index in [0.717, 1.165) is 19.3 Å². The van der Waals surface area contributed by atoms with E-state index in [1.807, 2.05) is 0 Å². The molecule has 0 rings (SSSR count). The molecule has 0 radical (unpaired) electrons. The Labute approximate surface area is 141 Å². The molecule has 16 heavy (non-hydrogen) atoms. The fourth-order valence-corrected chi connectivity index (χ4v) is 1.59. The molecule has 0 saturated heterocycles. The molecule has 0 aliphatic carbocycles. The number of aliphatic hydroxyl groups is 1. The van der Waals surface area contributed by atoms with E-state index in [9.17, 15) is 18.1 Å². The van der Waals surface area contributed by atoms with Gasteiger partial charge in [-0.3, -0.25) is 0 Å². The predicted molar refractivity (Wildman–Crippen MR) is 57.6 cm³/mol. The summed E-state index contributed by atoms with van der Waals surface area (Å²) in [4.78, 5) is 0. The SMILES string of the molecule is CCCCCC(O)CNCCS(=O)(=O)[O-].[K+]. The fraction of sp³-hybridized carbons (Fsp3) is 1.00. The summed E-state index contributed by atoms with van der Waals surface area (Å²) in [6, 6.07) is 0. The van der Waals surface area contributed by atoms with Crippen LogP contribution in [0.15, 0.2) is 0 Å². The second kappa shape index (κ2) is 11.6. The molecule has 0 bridgehead atoms. The molecule has 0 spiro atoms. The molecule has 0 saturated carbocycles. The van der Waals surface area contributed by atoms with E-state index in [1.165, 1.54) is 0 Å². The van der Waals surface area contributed by atoms with E-state index < -0.39 is 22.0 Å².